The molecule has 0 bridgehead atoms. The first-order chi connectivity index (χ1) is 38.6. The van der Waals surface area contributed by atoms with Crippen molar-refractivity contribution in [3.63, 3.8) is 0 Å². The smallest absolute Gasteiger partial charge is 0.220 e. The molecule has 12 unspecified atom stereocenters. The van der Waals surface area contributed by atoms with Gasteiger partial charge in [-0.1, -0.05) is 227 Å². The van der Waals surface area contributed by atoms with Gasteiger partial charge >= 0.3 is 0 Å². The van der Waals surface area contributed by atoms with E-state index < -0.39 is 86.8 Å². The fraction of sp³-hybridized carbons (Fsp3) is 0.769. The second kappa shape index (κ2) is 49.8. The molecular formula is C65H113NO13. The number of rotatable bonds is 49. The Bertz CT molecular complexity index is 1650. The van der Waals surface area contributed by atoms with Crippen molar-refractivity contribution in [3.8, 4) is 0 Å². The van der Waals surface area contributed by atoms with Crippen LogP contribution in [0.4, 0.5) is 0 Å². The van der Waals surface area contributed by atoms with Crippen LogP contribution in [0.15, 0.2) is 85.1 Å². The van der Waals surface area contributed by atoms with Crippen molar-refractivity contribution in [2.45, 2.75) is 299 Å². The zero-order chi connectivity index (χ0) is 57.4. The second-order valence-corrected chi connectivity index (χ2v) is 21.8. The number of carbonyl (C=O) groups is 1. The first-order valence-electron chi connectivity index (χ1n) is 31.3. The van der Waals surface area contributed by atoms with E-state index in [1.54, 1.807) is 6.08 Å². The fourth-order valence-corrected chi connectivity index (χ4v) is 9.80. The zero-order valence-corrected chi connectivity index (χ0v) is 49.1. The number of hydrogen-bond donors (Lipinski definition) is 9. The minimum absolute atomic E-state index is 0.256. The summed E-state index contributed by atoms with van der Waals surface area (Å²) in [5.74, 6) is -0.262. The summed E-state index contributed by atoms with van der Waals surface area (Å²) < 4.78 is 22.8. The molecule has 2 fully saturated rings. The van der Waals surface area contributed by atoms with Gasteiger partial charge in [-0.2, -0.15) is 0 Å². The molecule has 14 heteroatoms. The normalized spacial score (nSPS) is 25.0. The molecule has 0 aromatic heterocycles. The predicted octanol–water partition coefficient (Wildman–Crippen LogP) is 11.3. The van der Waals surface area contributed by atoms with E-state index in [0.717, 1.165) is 83.5 Å². The predicted molar refractivity (Wildman–Crippen MR) is 318 cm³/mol. The number of allylic oxidation sites excluding steroid dienone is 13. The third kappa shape index (κ3) is 35.0. The highest BCUT2D eigenvalue weighted by atomic mass is 16.7. The van der Waals surface area contributed by atoms with E-state index in [1.807, 2.05) is 6.08 Å². The first kappa shape index (κ1) is 72.3. The van der Waals surface area contributed by atoms with Crippen molar-refractivity contribution >= 4 is 5.91 Å². The van der Waals surface area contributed by atoms with Crippen LogP contribution in [0, 0.1) is 0 Å². The number of nitrogens with one attached hydrogen (secondary N) is 1. The van der Waals surface area contributed by atoms with Gasteiger partial charge in [0, 0.05) is 6.42 Å². The van der Waals surface area contributed by atoms with E-state index in [1.165, 1.54) is 109 Å². The Balaban J connectivity index is 1.77. The van der Waals surface area contributed by atoms with Crippen molar-refractivity contribution < 1.29 is 64.6 Å². The van der Waals surface area contributed by atoms with Gasteiger partial charge in [-0.15, -0.1) is 0 Å². The molecule has 2 saturated heterocycles. The summed E-state index contributed by atoms with van der Waals surface area (Å²) in [6.07, 6.45) is 50.5. The summed E-state index contributed by atoms with van der Waals surface area (Å²) >= 11 is 0. The highest BCUT2D eigenvalue weighted by Gasteiger charge is 2.51. The Labute approximate surface area is 478 Å². The van der Waals surface area contributed by atoms with Crippen molar-refractivity contribution in [3.05, 3.63) is 85.1 Å². The highest BCUT2D eigenvalue weighted by Crippen LogP contribution is 2.30. The number of unbranched alkanes of at least 4 members (excludes halogenated alkanes) is 24. The number of hydrogen-bond acceptors (Lipinski definition) is 13. The van der Waals surface area contributed by atoms with Crippen LogP contribution < -0.4 is 5.32 Å². The topological polar surface area (TPSA) is 228 Å². The van der Waals surface area contributed by atoms with Crippen LogP contribution in [0.5, 0.6) is 0 Å². The van der Waals surface area contributed by atoms with Crippen molar-refractivity contribution in [1.29, 1.82) is 0 Å². The maximum Gasteiger partial charge on any atom is 0.220 e. The average Bonchev–Trinajstić information content (AvgIpc) is 3.47. The summed E-state index contributed by atoms with van der Waals surface area (Å²) in [4.78, 5) is 13.3. The maximum atomic E-state index is 13.3. The lowest BCUT2D eigenvalue weighted by atomic mass is 9.97. The van der Waals surface area contributed by atoms with Crippen LogP contribution in [0.25, 0.3) is 0 Å². The van der Waals surface area contributed by atoms with Gasteiger partial charge in [-0.3, -0.25) is 4.79 Å². The molecule has 14 nitrogen and oxygen atoms in total. The van der Waals surface area contributed by atoms with Gasteiger partial charge in [0.25, 0.3) is 0 Å². The summed E-state index contributed by atoms with van der Waals surface area (Å²) in [5.41, 5.74) is 0. The molecule has 9 N–H and O–H groups in total. The Morgan fingerprint density at radius 3 is 1.39 bits per heavy atom. The molecule has 2 aliphatic heterocycles. The van der Waals surface area contributed by atoms with Crippen LogP contribution >= 0.6 is 0 Å². The Morgan fingerprint density at radius 2 is 0.886 bits per heavy atom. The van der Waals surface area contributed by atoms with E-state index >= 15 is 0 Å². The Kier molecular flexibility index (Phi) is 45.5. The minimum atomic E-state index is -1.80. The summed E-state index contributed by atoms with van der Waals surface area (Å²) in [5, 5.41) is 87.2. The lowest BCUT2D eigenvalue weighted by Gasteiger charge is -2.46. The standard InChI is InChI=1S/C65H113NO13/c1-3-5-7-9-11-13-15-17-19-21-23-25-27-29-31-33-35-37-39-41-43-45-47-49-57(70)66-53(52-76-64-62(75)60(73)63(56(51-68)78-64)79-65-61(74)59(72)58(71)55(50-67)77-65)54(69)48-46-44-42-40-38-36-34-32-30-28-26-24-22-20-18-16-14-12-10-8-6-4-2/h5,7,11,13,17,19,23,25,29,31,38,40,46,48,53-56,58-65,67-69,71-75H,3-4,6,8-10,12,14-16,18,20-22,24,26-28,30,32-37,39,41-45,47,49-52H2,1-2H3,(H,66,70)/b7-5-,13-11-,19-17-,25-23-,31-29-,40-38+,48-46+. The van der Waals surface area contributed by atoms with Crippen LogP contribution in [-0.4, -0.2) is 140 Å². The molecule has 456 valence electrons. The van der Waals surface area contributed by atoms with Gasteiger partial charge in [0.2, 0.25) is 5.91 Å². The molecule has 12 atom stereocenters. The first-order valence-corrected chi connectivity index (χ1v) is 31.3. The molecular weight excluding hydrogens is 1000 g/mol. The summed E-state index contributed by atoms with van der Waals surface area (Å²) in [6, 6.07) is -0.944. The molecule has 0 radical (unpaired) electrons. The molecule has 0 saturated carbocycles. The highest BCUT2D eigenvalue weighted by molar-refractivity contribution is 5.76. The molecule has 0 aromatic carbocycles. The van der Waals surface area contributed by atoms with Crippen molar-refractivity contribution in [2.75, 3.05) is 19.8 Å². The number of amides is 1. The second-order valence-electron chi connectivity index (χ2n) is 21.8. The van der Waals surface area contributed by atoms with Gasteiger partial charge < -0.3 is 65.1 Å². The molecule has 1 amide bonds. The van der Waals surface area contributed by atoms with Gasteiger partial charge in [0.15, 0.2) is 12.6 Å². The van der Waals surface area contributed by atoms with Gasteiger partial charge in [-0.05, 0) is 77.0 Å². The quantitative estimate of drug-likeness (QED) is 0.0204. The number of carbonyl (C=O) groups excluding carboxylic acids is 1. The Hall–Kier alpha value is -2.83. The molecule has 0 aliphatic carbocycles. The average molecular weight is 1120 g/mol. The SMILES string of the molecule is CC/C=C\C/C=C\C/C=C\C/C=C\C/C=C\CCCCCCCCCC(=O)NC(COC1OC(CO)C(OC2OC(CO)C(O)C(O)C2O)C(O)C1O)C(O)/C=C/CC/C=C/CCCCCCCCCCCCCCCCCC. The van der Waals surface area contributed by atoms with E-state index in [0.29, 0.717) is 12.8 Å². The molecule has 0 aromatic rings. The zero-order valence-electron chi connectivity index (χ0n) is 49.1. The molecule has 2 aliphatic rings. The molecule has 2 rings (SSSR count). The number of aliphatic hydroxyl groups excluding tert-OH is 8. The third-order valence-corrected chi connectivity index (χ3v) is 14.8. The van der Waals surface area contributed by atoms with E-state index in [4.69, 9.17) is 18.9 Å². The lowest BCUT2D eigenvalue weighted by Crippen LogP contribution is -2.65. The van der Waals surface area contributed by atoms with Gasteiger partial charge in [0.1, 0.15) is 48.8 Å². The number of ether oxygens (including phenoxy) is 4. The molecule has 2 heterocycles. The van der Waals surface area contributed by atoms with Crippen molar-refractivity contribution in [1.82, 2.24) is 5.32 Å². The number of aliphatic hydroxyl groups is 8. The van der Waals surface area contributed by atoms with E-state index in [9.17, 15) is 45.6 Å². The van der Waals surface area contributed by atoms with Crippen LogP contribution in [0.3, 0.4) is 0 Å². The monoisotopic (exact) mass is 1120 g/mol. The lowest BCUT2D eigenvalue weighted by molar-refractivity contribution is -0.359. The van der Waals surface area contributed by atoms with E-state index in [2.05, 4.69) is 92.1 Å². The summed E-state index contributed by atoms with van der Waals surface area (Å²) in [7, 11) is 0. The largest absolute Gasteiger partial charge is 0.394 e. The van der Waals surface area contributed by atoms with Crippen LogP contribution in [0.1, 0.15) is 226 Å². The van der Waals surface area contributed by atoms with E-state index in [-0.39, 0.29) is 18.9 Å². The fourth-order valence-electron chi connectivity index (χ4n) is 9.80. The molecule has 79 heavy (non-hydrogen) atoms. The van der Waals surface area contributed by atoms with Crippen LogP contribution in [-0.2, 0) is 23.7 Å². The third-order valence-electron chi connectivity index (χ3n) is 14.8. The van der Waals surface area contributed by atoms with Crippen LogP contribution in [0.2, 0.25) is 0 Å². The summed E-state index contributed by atoms with van der Waals surface area (Å²) in [6.45, 7) is 2.66. The van der Waals surface area contributed by atoms with Gasteiger partial charge in [-0.25, -0.2) is 0 Å². The van der Waals surface area contributed by atoms with Crippen molar-refractivity contribution in [2.24, 2.45) is 0 Å². The van der Waals surface area contributed by atoms with Gasteiger partial charge in [0.05, 0.1) is 32.0 Å². The minimum Gasteiger partial charge on any atom is -0.394 e. The Morgan fingerprint density at radius 1 is 0.468 bits per heavy atom. The maximum absolute atomic E-state index is 13.3. The molecule has 0 spiro atoms.